The third kappa shape index (κ3) is 2.97. The molecule has 0 aliphatic heterocycles. The number of hydrogen-bond acceptors (Lipinski definition) is 4. The number of nitrogens with zero attached hydrogens (tertiary/aromatic N) is 2. The van der Waals surface area contributed by atoms with Gasteiger partial charge in [0.25, 0.3) is 0 Å². The number of thioether (sulfide) groups is 1. The first-order valence-corrected chi connectivity index (χ1v) is 5.91. The van der Waals surface area contributed by atoms with Crippen LogP contribution >= 0.6 is 11.8 Å². The predicted molar refractivity (Wildman–Crippen MR) is 64.6 cm³/mol. The first-order chi connectivity index (χ1) is 7.88. The molecule has 1 aromatic heterocycles. The summed E-state index contributed by atoms with van der Waals surface area (Å²) >= 11 is 1.60. The van der Waals surface area contributed by atoms with Crippen LogP contribution in [0.4, 0.5) is 0 Å². The van der Waals surface area contributed by atoms with Gasteiger partial charge in [-0.15, -0.1) is 0 Å². The Balaban J connectivity index is 1.99. The van der Waals surface area contributed by atoms with E-state index in [1.807, 2.05) is 18.2 Å². The summed E-state index contributed by atoms with van der Waals surface area (Å²) in [5, 5.41) is 0.739. The van der Waals surface area contributed by atoms with Crippen molar-refractivity contribution in [3.8, 4) is 5.88 Å². The second kappa shape index (κ2) is 5.51. The van der Waals surface area contributed by atoms with Gasteiger partial charge in [0, 0.05) is 18.0 Å². The van der Waals surface area contributed by atoms with Crippen LogP contribution in [0.2, 0.25) is 0 Å². The molecule has 1 aromatic carbocycles. The van der Waals surface area contributed by atoms with Crippen molar-refractivity contribution in [3.63, 3.8) is 0 Å². The molecule has 4 heteroatoms. The van der Waals surface area contributed by atoms with Crippen molar-refractivity contribution in [2.75, 3.05) is 7.11 Å². The molecule has 16 heavy (non-hydrogen) atoms. The first kappa shape index (κ1) is 11.0. The van der Waals surface area contributed by atoms with E-state index in [9.17, 15) is 0 Å². The van der Waals surface area contributed by atoms with Gasteiger partial charge in [0.1, 0.15) is 0 Å². The summed E-state index contributed by atoms with van der Waals surface area (Å²) in [5.74, 6) is 1.47. The van der Waals surface area contributed by atoms with Crippen molar-refractivity contribution in [2.45, 2.75) is 10.9 Å². The Hall–Kier alpha value is -1.55. The summed E-state index contributed by atoms with van der Waals surface area (Å²) in [6.07, 6.45) is 1.71. The third-order valence-corrected chi connectivity index (χ3v) is 2.96. The maximum atomic E-state index is 5.04. The van der Waals surface area contributed by atoms with E-state index in [-0.39, 0.29) is 0 Å². The lowest BCUT2D eigenvalue weighted by Gasteiger charge is -2.02. The standard InChI is InChI=1S/C12H12N2OS/c1-15-11-7-8-13-12(14-11)16-9-10-5-3-2-4-6-10/h2-8H,9H2,1H3. The minimum Gasteiger partial charge on any atom is -0.481 e. The van der Waals surface area contributed by atoms with Crippen LogP contribution < -0.4 is 4.74 Å². The zero-order valence-corrected chi connectivity index (χ0v) is 9.78. The largest absolute Gasteiger partial charge is 0.481 e. The summed E-state index contributed by atoms with van der Waals surface area (Å²) in [5.41, 5.74) is 1.26. The van der Waals surface area contributed by atoms with Crippen molar-refractivity contribution in [1.29, 1.82) is 0 Å². The Morgan fingerprint density at radius 1 is 1.19 bits per heavy atom. The van der Waals surface area contributed by atoms with Gasteiger partial charge < -0.3 is 4.74 Å². The lowest BCUT2D eigenvalue weighted by molar-refractivity contribution is 0.392. The van der Waals surface area contributed by atoms with Gasteiger partial charge in [-0.3, -0.25) is 0 Å². The van der Waals surface area contributed by atoms with E-state index in [2.05, 4.69) is 22.1 Å². The minimum absolute atomic E-state index is 0.602. The molecule has 0 saturated heterocycles. The van der Waals surface area contributed by atoms with Crippen LogP contribution in [0.15, 0.2) is 47.8 Å². The molecule has 2 aromatic rings. The van der Waals surface area contributed by atoms with E-state index in [1.54, 1.807) is 31.1 Å². The van der Waals surface area contributed by atoms with E-state index in [4.69, 9.17) is 4.74 Å². The molecule has 0 radical (unpaired) electrons. The lowest BCUT2D eigenvalue weighted by atomic mass is 10.2. The zero-order chi connectivity index (χ0) is 11.2. The lowest BCUT2D eigenvalue weighted by Crippen LogP contribution is -1.91. The van der Waals surface area contributed by atoms with Crippen LogP contribution in [0.3, 0.4) is 0 Å². The highest BCUT2D eigenvalue weighted by Gasteiger charge is 2.00. The molecule has 3 nitrogen and oxygen atoms in total. The van der Waals surface area contributed by atoms with Crippen molar-refractivity contribution >= 4 is 11.8 Å². The maximum absolute atomic E-state index is 5.04. The minimum atomic E-state index is 0.602. The zero-order valence-electron chi connectivity index (χ0n) is 8.96. The molecule has 0 unspecified atom stereocenters. The molecule has 0 fully saturated rings. The molecule has 0 amide bonds. The molecule has 0 aliphatic rings. The average molecular weight is 232 g/mol. The monoisotopic (exact) mass is 232 g/mol. The predicted octanol–water partition coefficient (Wildman–Crippen LogP) is 2.78. The molecule has 1 heterocycles. The van der Waals surface area contributed by atoms with E-state index in [1.165, 1.54) is 5.56 Å². The quantitative estimate of drug-likeness (QED) is 0.599. The van der Waals surface area contributed by atoms with E-state index >= 15 is 0 Å². The van der Waals surface area contributed by atoms with Crippen molar-refractivity contribution in [3.05, 3.63) is 48.2 Å². The molecule has 0 saturated carbocycles. The summed E-state index contributed by atoms with van der Waals surface area (Å²) in [7, 11) is 1.61. The van der Waals surface area contributed by atoms with Crippen LogP contribution in [-0.4, -0.2) is 17.1 Å². The average Bonchev–Trinajstić information content (AvgIpc) is 2.38. The molecule has 0 N–H and O–H groups in total. The van der Waals surface area contributed by atoms with E-state index in [0.29, 0.717) is 5.88 Å². The molecular formula is C12H12N2OS. The molecular weight excluding hydrogens is 220 g/mol. The van der Waals surface area contributed by atoms with Crippen molar-refractivity contribution < 1.29 is 4.74 Å². The molecule has 0 atom stereocenters. The summed E-state index contributed by atoms with van der Waals surface area (Å²) in [4.78, 5) is 8.41. The Kier molecular flexibility index (Phi) is 3.77. The van der Waals surface area contributed by atoms with Crippen LogP contribution in [0, 0.1) is 0 Å². The highest BCUT2D eigenvalue weighted by atomic mass is 32.2. The molecule has 2 rings (SSSR count). The Morgan fingerprint density at radius 2 is 2.00 bits per heavy atom. The fourth-order valence-corrected chi connectivity index (χ4v) is 2.01. The third-order valence-electron chi connectivity index (χ3n) is 2.03. The van der Waals surface area contributed by atoms with Crippen LogP contribution in [0.1, 0.15) is 5.56 Å². The second-order valence-corrected chi connectivity index (χ2v) is 4.10. The van der Waals surface area contributed by atoms with Crippen LogP contribution in [0.5, 0.6) is 5.88 Å². The number of methoxy groups -OCH3 is 1. The Morgan fingerprint density at radius 3 is 2.75 bits per heavy atom. The van der Waals surface area contributed by atoms with Gasteiger partial charge in [0.05, 0.1) is 7.11 Å². The molecule has 0 spiro atoms. The topological polar surface area (TPSA) is 35.0 Å². The number of aromatic nitrogens is 2. The maximum Gasteiger partial charge on any atom is 0.216 e. The number of ether oxygens (including phenoxy) is 1. The van der Waals surface area contributed by atoms with Gasteiger partial charge in [-0.05, 0) is 5.56 Å². The normalized spacial score (nSPS) is 10.1. The van der Waals surface area contributed by atoms with Crippen LogP contribution in [-0.2, 0) is 5.75 Å². The Bertz CT molecular complexity index is 448. The molecule has 82 valence electrons. The highest BCUT2D eigenvalue weighted by molar-refractivity contribution is 7.98. The van der Waals surface area contributed by atoms with Crippen molar-refractivity contribution in [1.82, 2.24) is 9.97 Å². The van der Waals surface area contributed by atoms with Gasteiger partial charge in [-0.25, -0.2) is 4.98 Å². The van der Waals surface area contributed by atoms with Gasteiger partial charge in [-0.1, -0.05) is 42.1 Å². The van der Waals surface area contributed by atoms with Gasteiger partial charge in [-0.2, -0.15) is 4.98 Å². The summed E-state index contributed by atoms with van der Waals surface area (Å²) in [6.45, 7) is 0. The highest BCUT2D eigenvalue weighted by Crippen LogP contribution is 2.20. The number of rotatable bonds is 4. The molecule has 0 aliphatic carbocycles. The first-order valence-electron chi connectivity index (χ1n) is 4.92. The van der Waals surface area contributed by atoms with Crippen LogP contribution in [0.25, 0.3) is 0 Å². The summed E-state index contributed by atoms with van der Waals surface area (Å²) < 4.78 is 5.04. The van der Waals surface area contributed by atoms with Gasteiger partial charge in [0.15, 0.2) is 5.16 Å². The number of hydrogen-bond donors (Lipinski definition) is 0. The van der Waals surface area contributed by atoms with E-state index in [0.717, 1.165) is 10.9 Å². The Labute approximate surface area is 98.9 Å². The van der Waals surface area contributed by atoms with E-state index < -0.39 is 0 Å². The fourth-order valence-electron chi connectivity index (χ4n) is 1.23. The fraction of sp³-hybridized carbons (Fsp3) is 0.167. The smallest absolute Gasteiger partial charge is 0.216 e. The van der Waals surface area contributed by atoms with Gasteiger partial charge >= 0.3 is 0 Å². The summed E-state index contributed by atoms with van der Waals surface area (Å²) in [6, 6.07) is 12.0. The SMILES string of the molecule is COc1ccnc(SCc2ccccc2)n1. The molecule has 0 bridgehead atoms. The van der Waals surface area contributed by atoms with Crippen molar-refractivity contribution in [2.24, 2.45) is 0 Å². The van der Waals surface area contributed by atoms with Gasteiger partial charge in [0.2, 0.25) is 5.88 Å². The number of benzene rings is 1. The second-order valence-electron chi connectivity index (χ2n) is 3.16.